The van der Waals surface area contributed by atoms with E-state index in [0.29, 0.717) is 5.82 Å². The maximum absolute atomic E-state index is 5.78. The van der Waals surface area contributed by atoms with E-state index in [1.165, 1.54) is 0 Å². The van der Waals surface area contributed by atoms with Gasteiger partial charge in [-0.1, -0.05) is 12.1 Å². The van der Waals surface area contributed by atoms with Crippen molar-refractivity contribution < 1.29 is 0 Å². The number of hydrogen-bond donors (Lipinski definition) is 1. The second-order valence-electron chi connectivity index (χ2n) is 4.33. The van der Waals surface area contributed by atoms with Gasteiger partial charge in [-0.05, 0) is 36.8 Å². The molecular weight excluding hydrogens is 238 g/mol. The lowest BCUT2D eigenvalue weighted by Gasteiger charge is -1.99. The number of rotatable bonds is 2. The molecule has 3 aromatic rings. The summed E-state index contributed by atoms with van der Waals surface area (Å²) in [4.78, 5) is 0. The van der Waals surface area contributed by atoms with Crippen LogP contribution in [0.5, 0.6) is 0 Å². The van der Waals surface area contributed by atoms with Crippen molar-refractivity contribution in [3.05, 3.63) is 54.5 Å². The van der Waals surface area contributed by atoms with E-state index >= 15 is 0 Å². The molecule has 3 rings (SSSR count). The summed E-state index contributed by atoms with van der Waals surface area (Å²) in [5.41, 5.74) is 9.43. The Morgan fingerprint density at radius 2 is 1.95 bits per heavy atom. The van der Waals surface area contributed by atoms with Gasteiger partial charge in [0.05, 0.1) is 11.9 Å². The summed E-state index contributed by atoms with van der Waals surface area (Å²) in [5.74, 6) is 0.695. The molecule has 2 N–H and O–H groups in total. The zero-order valence-electron chi connectivity index (χ0n) is 10.5. The molecule has 0 saturated heterocycles. The first kappa shape index (κ1) is 11.4. The number of anilines is 1. The molecule has 0 saturated carbocycles. The third-order valence-electron chi connectivity index (χ3n) is 2.82. The Balaban J connectivity index is 1.97. The molecule has 94 valence electrons. The summed E-state index contributed by atoms with van der Waals surface area (Å²) in [6.07, 6.45) is 3.70. The van der Waals surface area contributed by atoms with Crippen LogP contribution in [-0.2, 0) is 0 Å². The van der Waals surface area contributed by atoms with Crippen molar-refractivity contribution in [3.8, 4) is 16.9 Å². The average Bonchev–Trinajstić information content (AvgIpc) is 2.89. The van der Waals surface area contributed by atoms with Crippen molar-refractivity contribution in [1.29, 1.82) is 0 Å². The lowest BCUT2D eigenvalue weighted by atomic mass is 10.1. The van der Waals surface area contributed by atoms with Crippen molar-refractivity contribution in [3.63, 3.8) is 0 Å². The standard InChI is InChI=1S/C14H13N5/c1-10-5-6-14(18-17-10)19-9-12(8-16-19)11-3-2-4-13(15)7-11/h2-9H,15H2,1H3. The predicted octanol–water partition coefficient (Wildman–Crippen LogP) is 2.22. The fourth-order valence-electron chi connectivity index (χ4n) is 1.83. The van der Waals surface area contributed by atoms with Gasteiger partial charge in [-0.25, -0.2) is 4.68 Å². The number of nitrogens with two attached hydrogens (primary N) is 1. The molecule has 0 radical (unpaired) electrons. The number of hydrogen-bond acceptors (Lipinski definition) is 4. The monoisotopic (exact) mass is 251 g/mol. The first-order valence-electron chi connectivity index (χ1n) is 5.94. The van der Waals surface area contributed by atoms with Crippen molar-refractivity contribution in [2.24, 2.45) is 0 Å². The van der Waals surface area contributed by atoms with Gasteiger partial charge in [0.2, 0.25) is 0 Å². The quantitative estimate of drug-likeness (QED) is 0.709. The van der Waals surface area contributed by atoms with Crippen LogP contribution in [0.15, 0.2) is 48.8 Å². The first-order chi connectivity index (χ1) is 9.22. The number of nitrogen functional groups attached to an aromatic ring is 1. The Kier molecular flexibility index (Phi) is 2.72. The molecule has 0 aliphatic carbocycles. The minimum atomic E-state index is 0.695. The summed E-state index contributed by atoms with van der Waals surface area (Å²) >= 11 is 0. The zero-order chi connectivity index (χ0) is 13.2. The Morgan fingerprint density at radius 3 is 2.68 bits per heavy atom. The van der Waals surface area contributed by atoms with Gasteiger partial charge in [0, 0.05) is 17.4 Å². The molecule has 19 heavy (non-hydrogen) atoms. The molecule has 0 fully saturated rings. The second-order valence-corrected chi connectivity index (χ2v) is 4.33. The van der Waals surface area contributed by atoms with Crippen LogP contribution in [0, 0.1) is 6.92 Å². The fourth-order valence-corrected chi connectivity index (χ4v) is 1.83. The van der Waals surface area contributed by atoms with E-state index in [1.54, 1.807) is 10.9 Å². The highest BCUT2D eigenvalue weighted by Gasteiger charge is 2.04. The van der Waals surface area contributed by atoms with E-state index < -0.39 is 0 Å². The van der Waals surface area contributed by atoms with Gasteiger partial charge in [0.15, 0.2) is 5.82 Å². The van der Waals surface area contributed by atoms with Crippen molar-refractivity contribution in [2.75, 3.05) is 5.73 Å². The van der Waals surface area contributed by atoms with Gasteiger partial charge in [0.25, 0.3) is 0 Å². The Labute approximate surface area is 110 Å². The Hall–Kier alpha value is -2.69. The normalized spacial score (nSPS) is 10.6. The molecule has 5 nitrogen and oxygen atoms in total. The summed E-state index contributed by atoms with van der Waals surface area (Å²) in [7, 11) is 0. The number of aromatic nitrogens is 4. The van der Waals surface area contributed by atoms with Crippen molar-refractivity contribution >= 4 is 5.69 Å². The number of benzene rings is 1. The predicted molar refractivity (Wildman–Crippen MR) is 73.7 cm³/mol. The topological polar surface area (TPSA) is 69.6 Å². The Bertz CT molecular complexity index is 700. The third kappa shape index (κ3) is 2.30. The van der Waals surface area contributed by atoms with Gasteiger partial charge < -0.3 is 5.73 Å². The largest absolute Gasteiger partial charge is 0.399 e. The van der Waals surface area contributed by atoms with Crippen LogP contribution in [0.2, 0.25) is 0 Å². The molecule has 0 aliphatic rings. The summed E-state index contributed by atoms with van der Waals surface area (Å²) in [5, 5.41) is 12.4. The van der Waals surface area contributed by atoms with Crippen LogP contribution in [0.3, 0.4) is 0 Å². The fraction of sp³-hybridized carbons (Fsp3) is 0.0714. The summed E-state index contributed by atoms with van der Waals surface area (Å²) < 4.78 is 1.70. The average molecular weight is 251 g/mol. The van der Waals surface area contributed by atoms with Crippen LogP contribution in [0.25, 0.3) is 16.9 Å². The van der Waals surface area contributed by atoms with Gasteiger partial charge in [-0.15, -0.1) is 5.10 Å². The highest BCUT2D eigenvalue weighted by molar-refractivity contribution is 5.66. The van der Waals surface area contributed by atoms with Crippen LogP contribution in [0.4, 0.5) is 5.69 Å². The third-order valence-corrected chi connectivity index (χ3v) is 2.82. The van der Waals surface area contributed by atoms with Gasteiger partial charge in [-0.2, -0.15) is 10.2 Å². The minimum Gasteiger partial charge on any atom is -0.399 e. The maximum Gasteiger partial charge on any atom is 0.175 e. The van der Waals surface area contributed by atoms with E-state index in [-0.39, 0.29) is 0 Å². The lowest BCUT2D eigenvalue weighted by Crippen LogP contribution is -1.99. The molecule has 5 heteroatoms. The van der Waals surface area contributed by atoms with Crippen LogP contribution in [-0.4, -0.2) is 20.0 Å². The Morgan fingerprint density at radius 1 is 1.05 bits per heavy atom. The van der Waals surface area contributed by atoms with E-state index in [2.05, 4.69) is 15.3 Å². The molecule has 2 heterocycles. The van der Waals surface area contributed by atoms with E-state index in [0.717, 1.165) is 22.5 Å². The van der Waals surface area contributed by atoms with Crippen molar-refractivity contribution in [2.45, 2.75) is 6.92 Å². The SMILES string of the molecule is Cc1ccc(-n2cc(-c3cccc(N)c3)cn2)nn1. The summed E-state index contributed by atoms with van der Waals surface area (Å²) in [6.45, 7) is 1.90. The second kappa shape index (κ2) is 4.53. The molecule has 0 amide bonds. The smallest absolute Gasteiger partial charge is 0.175 e. The first-order valence-corrected chi connectivity index (χ1v) is 5.94. The molecule has 1 aromatic carbocycles. The van der Waals surface area contributed by atoms with Crippen LogP contribution >= 0.6 is 0 Å². The molecule has 0 aliphatic heterocycles. The highest BCUT2D eigenvalue weighted by Crippen LogP contribution is 2.21. The van der Waals surface area contributed by atoms with E-state index in [1.807, 2.05) is 49.5 Å². The molecule has 0 unspecified atom stereocenters. The minimum absolute atomic E-state index is 0.695. The van der Waals surface area contributed by atoms with Crippen molar-refractivity contribution in [1.82, 2.24) is 20.0 Å². The molecule has 0 spiro atoms. The van der Waals surface area contributed by atoms with Gasteiger partial charge >= 0.3 is 0 Å². The molecule has 2 aromatic heterocycles. The maximum atomic E-state index is 5.78. The highest BCUT2D eigenvalue weighted by atomic mass is 15.3. The van der Waals surface area contributed by atoms with Gasteiger partial charge in [-0.3, -0.25) is 0 Å². The zero-order valence-corrected chi connectivity index (χ0v) is 10.5. The molecular formula is C14H13N5. The molecule has 0 bridgehead atoms. The number of aryl methyl sites for hydroxylation is 1. The lowest BCUT2D eigenvalue weighted by molar-refractivity contribution is 0.806. The van der Waals surface area contributed by atoms with E-state index in [4.69, 9.17) is 5.73 Å². The molecule has 0 atom stereocenters. The summed E-state index contributed by atoms with van der Waals surface area (Å²) in [6, 6.07) is 11.5. The van der Waals surface area contributed by atoms with Gasteiger partial charge in [0.1, 0.15) is 0 Å². The number of nitrogens with zero attached hydrogens (tertiary/aromatic N) is 4. The van der Waals surface area contributed by atoms with E-state index in [9.17, 15) is 0 Å². The van der Waals surface area contributed by atoms with Crippen LogP contribution in [0.1, 0.15) is 5.69 Å². The van der Waals surface area contributed by atoms with Crippen LogP contribution < -0.4 is 5.73 Å².